The molecule has 4 rings (SSSR count). The van der Waals surface area contributed by atoms with Gasteiger partial charge in [0.05, 0.1) is 18.8 Å². The van der Waals surface area contributed by atoms with E-state index in [1.54, 1.807) is 7.11 Å². The second-order valence-corrected chi connectivity index (χ2v) is 7.58. The van der Waals surface area contributed by atoms with Crippen LogP contribution in [0.1, 0.15) is 38.5 Å². The quantitative estimate of drug-likeness (QED) is 0.912. The van der Waals surface area contributed by atoms with Crippen molar-refractivity contribution < 1.29 is 9.53 Å². The van der Waals surface area contributed by atoms with Gasteiger partial charge in [-0.05, 0) is 63.7 Å². The Morgan fingerprint density at radius 2 is 1.92 bits per heavy atom. The summed E-state index contributed by atoms with van der Waals surface area (Å²) >= 11 is 0. The molecule has 5 heteroatoms. The standard InChI is InChI=1S/C20H29N3O2/c1-25-19-9-3-2-8-18(19)23-12-5-7-17(20(23)24)21-15-10-13-22-11-4-6-16(22)14-15/h2-3,8-9,15-17,21H,4-7,10-14H2,1H3/t15-,16-,17-/m0/s1. The van der Waals surface area contributed by atoms with Crippen molar-refractivity contribution in [2.24, 2.45) is 0 Å². The molecule has 1 aromatic carbocycles. The molecule has 0 bridgehead atoms. The Bertz CT molecular complexity index is 621. The number of nitrogens with zero attached hydrogens (tertiary/aromatic N) is 2. The van der Waals surface area contributed by atoms with Crippen LogP contribution in [0, 0.1) is 0 Å². The molecule has 0 unspecified atom stereocenters. The lowest BCUT2D eigenvalue weighted by atomic mass is 9.95. The molecule has 0 spiro atoms. The van der Waals surface area contributed by atoms with Crippen LogP contribution in [-0.2, 0) is 4.79 Å². The van der Waals surface area contributed by atoms with Gasteiger partial charge in [0.15, 0.2) is 0 Å². The highest BCUT2D eigenvalue weighted by atomic mass is 16.5. The van der Waals surface area contributed by atoms with E-state index in [9.17, 15) is 4.79 Å². The van der Waals surface area contributed by atoms with E-state index >= 15 is 0 Å². The number of amides is 1. The molecule has 3 aliphatic heterocycles. The zero-order valence-corrected chi connectivity index (χ0v) is 15.1. The van der Waals surface area contributed by atoms with E-state index in [-0.39, 0.29) is 11.9 Å². The van der Waals surface area contributed by atoms with Gasteiger partial charge in [-0.1, -0.05) is 12.1 Å². The molecular formula is C20H29N3O2. The highest BCUT2D eigenvalue weighted by molar-refractivity contribution is 5.99. The molecular weight excluding hydrogens is 314 g/mol. The van der Waals surface area contributed by atoms with Crippen LogP contribution in [0.2, 0.25) is 0 Å². The van der Waals surface area contributed by atoms with E-state index in [2.05, 4.69) is 10.2 Å². The first-order chi connectivity index (χ1) is 12.3. The first kappa shape index (κ1) is 16.9. The number of piperidine rings is 2. The Kier molecular flexibility index (Phi) is 4.95. The van der Waals surface area contributed by atoms with Gasteiger partial charge in [-0.25, -0.2) is 0 Å². The Hall–Kier alpha value is -1.59. The molecule has 1 N–H and O–H groups in total. The fraction of sp³-hybridized carbons (Fsp3) is 0.650. The average molecular weight is 343 g/mol. The molecule has 1 aromatic rings. The van der Waals surface area contributed by atoms with Crippen molar-refractivity contribution in [1.29, 1.82) is 0 Å². The Morgan fingerprint density at radius 3 is 2.80 bits per heavy atom. The number of nitrogens with one attached hydrogen (secondary N) is 1. The van der Waals surface area contributed by atoms with Crippen LogP contribution in [0.3, 0.4) is 0 Å². The number of carbonyl (C=O) groups excluding carboxylic acids is 1. The number of benzene rings is 1. The second-order valence-electron chi connectivity index (χ2n) is 7.58. The number of para-hydroxylation sites is 2. The third kappa shape index (κ3) is 3.40. The molecule has 0 aliphatic carbocycles. The summed E-state index contributed by atoms with van der Waals surface area (Å²) in [6.07, 6.45) is 6.98. The smallest absolute Gasteiger partial charge is 0.244 e. The largest absolute Gasteiger partial charge is 0.495 e. The lowest BCUT2D eigenvalue weighted by molar-refractivity contribution is -0.122. The van der Waals surface area contributed by atoms with Crippen LogP contribution in [0.5, 0.6) is 5.75 Å². The van der Waals surface area contributed by atoms with E-state index in [0.29, 0.717) is 6.04 Å². The molecule has 3 aliphatic rings. The lowest BCUT2D eigenvalue weighted by Gasteiger charge is -2.39. The molecule has 3 saturated heterocycles. The van der Waals surface area contributed by atoms with E-state index < -0.39 is 0 Å². The normalized spacial score (nSPS) is 30.4. The van der Waals surface area contributed by atoms with E-state index in [1.807, 2.05) is 29.2 Å². The second kappa shape index (κ2) is 7.34. The zero-order chi connectivity index (χ0) is 17.2. The minimum Gasteiger partial charge on any atom is -0.495 e. The SMILES string of the molecule is COc1ccccc1N1CCC[C@H](N[C@H]2CCN3CCC[C@H]3C2)C1=O. The van der Waals surface area contributed by atoms with Gasteiger partial charge in [0, 0.05) is 18.6 Å². The van der Waals surface area contributed by atoms with Gasteiger partial charge in [-0.3, -0.25) is 4.79 Å². The number of carbonyl (C=O) groups is 1. The maximum absolute atomic E-state index is 13.1. The van der Waals surface area contributed by atoms with Gasteiger partial charge < -0.3 is 19.9 Å². The molecule has 5 nitrogen and oxygen atoms in total. The molecule has 3 fully saturated rings. The van der Waals surface area contributed by atoms with E-state index in [1.165, 1.54) is 32.4 Å². The van der Waals surface area contributed by atoms with Crippen LogP contribution in [0.15, 0.2) is 24.3 Å². The third-order valence-corrected chi connectivity index (χ3v) is 6.07. The first-order valence-electron chi connectivity index (χ1n) is 9.71. The summed E-state index contributed by atoms with van der Waals surface area (Å²) in [5.41, 5.74) is 0.895. The summed E-state index contributed by atoms with van der Waals surface area (Å²) in [7, 11) is 1.67. The number of anilines is 1. The summed E-state index contributed by atoms with van der Waals surface area (Å²) in [6.45, 7) is 3.22. The number of methoxy groups -OCH3 is 1. The van der Waals surface area contributed by atoms with Crippen LogP contribution < -0.4 is 15.0 Å². The fourth-order valence-corrected chi connectivity index (χ4v) is 4.78. The van der Waals surface area contributed by atoms with Crippen molar-refractivity contribution in [1.82, 2.24) is 10.2 Å². The fourth-order valence-electron chi connectivity index (χ4n) is 4.78. The van der Waals surface area contributed by atoms with Gasteiger partial charge in [-0.15, -0.1) is 0 Å². The van der Waals surface area contributed by atoms with Crippen molar-refractivity contribution >= 4 is 11.6 Å². The van der Waals surface area contributed by atoms with Gasteiger partial charge in [0.25, 0.3) is 0 Å². The molecule has 1 amide bonds. The lowest BCUT2D eigenvalue weighted by Crippen LogP contribution is -2.56. The summed E-state index contributed by atoms with van der Waals surface area (Å²) in [6, 6.07) is 8.98. The summed E-state index contributed by atoms with van der Waals surface area (Å²) < 4.78 is 5.46. The Labute approximate surface area is 150 Å². The van der Waals surface area contributed by atoms with Crippen molar-refractivity contribution in [3.63, 3.8) is 0 Å². The monoisotopic (exact) mass is 343 g/mol. The summed E-state index contributed by atoms with van der Waals surface area (Å²) in [5.74, 6) is 0.973. The molecule has 3 atom stereocenters. The van der Waals surface area contributed by atoms with E-state index in [0.717, 1.165) is 43.3 Å². The number of fused-ring (bicyclic) bond motifs is 1. The topological polar surface area (TPSA) is 44.8 Å². The van der Waals surface area contributed by atoms with Crippen molar-refractivity contribution in [3.05, 3.63) is 24.3 Å². The molecule has 0 radical (unpaired) electrons. The highest BCUT2D eigenvalue weighted by Crippen LogP contribution is 2.31. The van der Waals surface area contributed by atoms with E-state index in [4.69, 9.17) is 4.74 Å². The highest BCUT2D eigenvalue weighted by Gasteiger charge is 2.36. The number of hydrogen-bond acceptors (Lipinski definition) is 4. The summed E-state index contributed by atoms with van der Waals surface area (Å²) in [5, 5.41) is 3.70. The van der Waals surface area contributed by atoms with Gasteiger partial charge in [0.1, 0.15) is 5.75 Å². The minimum atomic E-state index is -0.0587. The van der Waals surface area contributed by atoms with Crippen LogP contribution in [0.4, 0.5) is 5.69 Å². The average Bonchev–Trinajstić information content (AvgIpc) is 3.11. The van der Waals surface area contributed by atoms with Gasteiger partial charge >= 0.3 is 0 Å². The molecule has 25 heavy (non-hydrogen) atoms. The predicted octanol–water partition coefficient (Wildman–Crippen LogP) is 2.41. The summed E-state index contributed by atoms with van der Waals surface area (Å²) in [4.78, 5) is 17.6. The maximum Gasteiger partial charge on any atom is 0.244 e. The molecule has 0 saturated carbocycles. The molecule has 3 heterocycles. The number of hydrogen-bond donors (Lipinski definition) is 1. The van der Waals surface area contributed by atoms with Crippen LogP contribution >= 0.6 is 0 Å². The van der Waals surface area contributed by atoms with Gasteiger partial charge in [-0.2, -0.15) is 0 Å². The van der Waals surface area contributed by atoms with Crippen molar-refractivity contribution in [3.8, 4) is 5.75 Å². The van der Waals surface area contributed by atoms with Gasteiger partial charge in [0.2, 0.25) is 5.91 Å². The molecule has 136 valence electrons. The Morgan fingerprint density at radius 1 is 1.08 bits per heavy atom. The molecule has 0 aromatic heterocycles. The zero-order valence-electron chi connectivity index (χ0n) is 15.1. The van der Waals surface area contributed by atoms with Crippen LogP contribution in [0.25, 0.3) is 0 Å². The van der Waals surface area contributed by atoms with Crippen molar-refractivity contribution in [2.45, 2.75) is 56.7 Å². The third-order valence-electron chi connectivity index (χ3n) is 6.07. The number of rotatable bonds is 4. The maximum atomic E-state index is 13.1. The number of ether oxygens (including phenoxy) is 1. The Balaban J connectivity index is 1.43. The first-order valence-corrected chi connectivity index (χ1v) is 9.71. The van der Waals surface area contributed by atoms with Crippen LogP contribution in [-0.4, -0.2) is 55.7 Å². The predicted molar refractivity (Wildman–Crippen MR) is 99.1 cm³/mol. The van der Waals surface area contributed by atoms with Crippen molar-refractivity contribution in [2.75, 3.05) is 31.6 Å². The minimum absolute atomic E-state index is 0.0587.